The topological polar surface area (TPSA) is 56.8 Å². The molecule has 2 aromatic carbocycles. The molecule has 3 rings (SSSR count). The van der Waals surface area contributed by atoms with Gasteiger partial charge < -0.3 is 19.5 Å². The average Bonchev–Trinajstić information content (AvgIpc) is 3.21. The maximum atomic E-state index is 12.6. The van der Waals surface area contributed by atoms with Crippen molar-refractivity contribution in [2.75, 3.05) is 26.1 Å². The normalized spacial score (nSPS) is 11.6. The molecule has 1 heterocycles. The fourth-order valence-electron chi connectivity index (χ4n) is 2.91. The maximum absolute atomic E-state index is 12.6. The SMILES string of the molecule is CCOC(=O)C(Nc1ccc(OC)cc1)c1ccc(Cc2ccc(OC)cc2)s1. The minimum atomic E-state index is -0.557. The van der Waals surface area contributed by atoms with Gasteiger partial charge in [-0.3, -0.25) is 0 Å². The number of thiophene rings is 1. The molecule has 6 heteroatoms. The van der Waals surface area contributed by atoms with E-state index in [1.807, 2.05) is 49.4 Å². The lowest BCUT2D eigenvalue weighted by atomic mass is 10.1. The Hall–Kier alpha value is -2.99. The highest BCUT2D eigenvalue weighted by Crippen LogP contribution is 2.30. The fourth-order valence-corrected chi connectivity index (χ4v) is 4.00. The van der Waals surface area contributed by atoms with Gasteiger partial charge in [0.15, 0.2) is 6.04 Å². The third-order valence-corrected chi connectivity index (χ3v) is 5.58. The molecule has 0 saturated heterocycles. The number of anilines is 1. The minimum absolute atomic E-state index is 0.291. The van der Waals surface area contributed by atoms with Crippen LogP contribution in [0.3, 0.4) is 0 Å². The van der Waals surface area contributed by atoms with E-state index in [2.05, 4.69) is 23.5 Å². The van der Waals surface area contributed by atoms with Crippen LogP contribution in [0.5, 0.6) is 11.5 Å². The molecule has 29 heavy (non-hydrogen) atoms. The van der Waals surface area contributed by atoms with Crippen molar-refractivity contribution in [3.8, 4) is 11.5 Å². The second-order valence-corrected chi connectivity index (χ2v) is 7.59. The van der Waals surface area contributed by atoms with E-state index >= 15 is 0 Å². The van der Waals surface area contributed by atoms with E-state index in [0.29, 0.717) is 6.61 Å². The molecule has 5 nitrogen and oxygen atoms in total. The Bertz CT molecular complexity index is 919. The van der Waals surface area contributed by atoms with Gasteiger partial charge in [0.05, 0.1) is 20.8 Å². The first-order valence-corrected chi connectivity index (χ1v) is 10.2. The van der Waals surface area contributed by atoms with Crippen LogP contribution in [0.4, 0.5) is 5.69 Å². The third kappa shape index (κ3) is 5.51. The molecule has 0 radical (unpaired) electrons. The number of hydrogen-bond acceptors (Lipinski definition) is 6. The second kappa shape index (κ2) is 9.98. The third-order valence-electron chi connectivity index (χ3n) is 4.43. The number of hydrogen-bond donors (Lipinski definition) is 1. The zero-order chi connectivity index (χ0) is 20.6. The molecule has 0 aliphatic carbocycles. The Balaban J connectivity index is 1.77. The molecule has 0 amide bonds. The molecule has 1 N–H and O–H groups in total. The summed E-state index contributed by atoms with van der Waals surface area (Å²) in [5, 5.41) is 3.29. The van der Waals surface area contributed by atoms with Gasteiger partial charge in [-0.05, 0) is 61.0 Å². The average molecular weight is 412 g/mol. The lowest BCUT2D eigenvalue weighted by Crippen LogP contribution is -2.22. The molecule has 1 aromatic heterocycles. The Morgan fingerprint density at radius 1 is 0.931 bits per heavy atom. The number of rotatable bonds is 9. The van der Waals surface area contributed by atoms with E-state index in [4.69, 9.17) is 14.2 Å². The summed E-state index contributed by atoms with van der Waals surface area (Å²) in [6.07, 6.45) is 0.798. The quantitative estimate of drug-likeness (QED) is 0.498. The number of carbonyl (C=O) groups is 1. The Morgan fingerprint density at radius 3 is 2.14 bits per heavy atom. The molecule has 0 bridgehead atoms. The number of nitrogens with one attached hydrogen (secondary N) is 1. The van der Waals surface area contributed by atoms with Crippen LogP contribution in [-0.4, -0.2) is 26.8 Å². The van der Waals surface area contributed by atoms with Gasteiger partial charge in [0.2, 0.25) is 0 Å². The smallest absolute Gasteiger partial charge is 0.334 e. The molecule has 0 fully saturated rings. The van der Waals surface area contributed by atoms with Crippen LogP contribution < -0.4 is 14.8 Å². The van der Waals surface area contributed by atoms with Crippen LogP contribution in [0, 0.1) is 0 Å². The highest BCUT2D eigenvalue weighted by Gasteiger charge is 2.24. The number of ether oxygens (including phenoxy) is 3. The molecule has 1 atom stereocenters. The summed E-state index contributed by atoms with van der Waals surface area (Å²) in [6, 6.07) is 19.0. The molecular formula is C23H25NO4S. The first-order chi connectivity index (χ1) is 14.1. The van der Waals surface area contributed by atoms with Gasteiger partial charge in [-0.2, -0.15) is 0 Å². The summed E-state index contributed by atoms with van der Waals surface area (Å²) < 4.78 is 15.7. The van der Waals surface area contributed by atoms with Crippen molar-refractivity contribution in [1.29, 1.82) is 0 Å². The van der Waals surface area contributed by atoms with Gasteiger partial charge in [0, 0.05) is 21.9 Å². The van der Waals surface area contributed by atoms with E-state index in [9.17, 15) is 4.79 Å². The Kier molecular flexibility index (Phi) is 7.14. The molecular weight excluding hydrogens is 386 g/mol. The zero-order valence-electron chi connectivity index (χ0n) is 16.8. The van der Waals surface area contributed by atoms with E-state index in [0.717, 1.165) is 28.5 Å². The zero-order valence-corrected chi connectivity index (χ0v) is 17.6. The van der Waals surface area contributed by atoms with Crippen molar-refractivity contribution in [3.63, 3.8) is 0 Å². The summed E-state index contributed by atoms with van der Waals surface area (Å²) in [5.41, 5.74) is 2.02. The molecule has 3 aromatic rings. The standard InChI is InChI=1S/C23H25NO4S/c1-4-28-23(25)22(24-17-7-11-19(27-3)12-8-17)21-14-13-20(29-21)15-16-5-9-18(26-2)10-6-16/h5-14,22,24H,4,15H2,1-3H3. The molecule has 0 aliphatic heterocycles. The van der Waals surface area contributed by atoms with E-state index in [-0.39, 0.29) is 5.97 Å². The second-order valence-electron chi connectivity index (χ2n) is 6.39. The van der Waals surface area contributed by atoms with Crippen LogP contribution >= 0.6 is 11.3 Å². The van der Waals surface area contributed by atoms with Crippen molar-refractivity contribution in [3.05, 3.63) is 76.0 Å². The van der Waals surface area contributed by atoms with Crippen molar-refractivity contribution in [2.45, 2.75) is 19.4 Å². The van der Waals surface area contributed by atoms with E-state index in [1.54, 1.807) is 25.6 Å². The summed E-state index contributed by atoms with van der Waals surface area (Å²) in [5.74, 6) is 1.31. The molecule has 152 valence electrons. The van der Waals surface area contributed by atoms with Crippen LogP contribution in [0.25, 0.3) is 0 Å². The number of carbonyl (C=O) groups excluding carboxylic acids is 1. The highest BCUT2D eigenvalue weighted by molar-refractivity contribution is 7.12. The summed E-state index contributed by atoms with van der Waals surface area (Å²) in [4.78, 5) is 14.7. The van der Waals surface area contributed by atoms with Crippen molar-refractivity contribution in [2.24, 2.45) is 0 Å². The van der Waals surface area contributed by atoms with Gasteiger partial charge >= 0.3 is 5.97 Å². The van der Waals surface area contributed by atoms with Crippen molar-refractivity contribution < 1.29 is 19.0 Å². The monoisotopic (exact) mass is 411 g/mol. The number of esters is 1. The fraction of sp³-hybridized carbons (Fsp3) is 0.261. The minimum Gasteiger partial charge on any atom is -0.497 e. The lowest BCUT2D eigenvalue weighted by molar-refractivity contribution is -0.144. The maximum Gasteiger partial charge on any atom is 0.334 e. The van der Waals surface area contributed by atoms with E-state index < -0.39 is 6.04 Å². The van der Waals surface area contributed by atoms with Gasteiger partial charge in [-0.15, -0.1) is 11.3 Å². The molecule has 0 spiro atoms. The number of benzene rings is 2. The predicted octanol–water partition coefficient (Wildman–Crippen LogP) is 5.07. The molecule has 0 saturated carbocycles. The Labute approximate surface area is 175 Å². The van der Waals surface area contributed by atoms with E-state index in [1.165, 1.54) is 10.4 Å². The summed E-state index contributed by atoms with van der Waals surface area (Å²) >= 11 is 1.61. The van der Waals surface area contributed by atoms with Gasteiger partial charge in [0.1, 0.15) is 11.5 Å². The number of methoxy groups -OCH3 is 2. The van der Waals surface area contributed by atoms with Crippen molar-refractivity contribution >= 4 is 23.0 Å². The summed E-state index contributed by atoms with van der Waals surface area (Å²) in [6.45, 7) is 2.15. The van der Waals surface area contributed by atoms with Crippen LogP contribution in [0.15, 0.2) is 60.7 Å². The highest BCUT2D eigenvalue weighted by atomic mass is 32.1. The molecule has 1 unspecified atom stereocenters. The van der Waals surface area contributed by atoms with Crippen molar-refractivity contribution in [1.82, 2.24) is 0 Å². The lowest BCUT2D eigenvalue weighted by Gasteiger charge is -2.17. The molecule has 0 aliphatic rings. The first kappa shape index (κ1) is 20.7. The summed E-state index contributed by atoms with van der Waals surface area (Å²) in [7, 11) is 3.28. The predicted molar refractivity (Wildman–Crippen MR) is 116 cm³/mol. The Morgan fingerprint density at radius 2 is 1.55 bits per heavy atom. The first-order valence-electron chi connectivity index (χ1n) is 9.41. The van der Waals surface area contributed by atoms with Gasteiger partial charge in [-0.25, -0.2) is 4.79 Å². The van der Waals surface area contributed by atoms with Gasteiger partial charge in [-0.1, -0.05) is 12.1 Å². The van der Waals surface area contributed by atoms with Crippen LogP contribution in [-0.2, 0) is 16.0 Å². The van der Waals surface area contributed by atoms with Crippen LogP contribution in [0.1, 0.15) is 28.3 Å². The van der Waals surface area contributed by atoms with Gasteiger partial charge in [0.25, 0.3) is 0 Å². The van der Waals surface area contributed by atoms with Crippen LogP contribution in [0.2, 0.25) is 0 Å². The largest absolute Gasteiger partial charge is 0.497 e.